The lowest BCUT2D eigenvalue weighted by Crippen LogP contribution is -2.18. The number of hydrogen-bond donors (Lipinski definition) is 2. The molecule has 1 aromatic rings. The molecule has 0 aliphatic heterocycles. The molecule has 0 spiro atoms. The van der Waals surface area contributed by atoms with Gasteiger partial charge in [-0.25, -0.2) is 0 Å². The SMILES string of the molecule is CCCCCCCCCCCCC(Cc1cc(C(C)C)c(O)c(C(C)(C)C)c1)C(=O)O. The zero-order valence-electron chi connectivity index (χ0n) is 21.1. The standard InChI is InChI=1S/C28H48O3/c1-7-8-9-10-11-12-13-14-15-16-17-23(27(30)31)18-22-19-24(21(2)3)26(29)25(20-22)28(4,5)6/h19-21,23,29H,7-18H2,1-6H3,(H,30,31). The van der Waals surface area contributed by atoms with E-state index in [0.717, 1.165) is 36.0 Å². The lowest BCUT2D eigenvalue weighted by Gasteiger charge is -2.25. The highest BCUT2D eigenvalue weighted by molar-refractivity contribution is 5.70. The summed E-state index contributed by atoms with van der Waals surface area (Å²) in [4.78, 5) is 11.9. The molecule has 1 unspecified atom stereocenters. The van der Waals surface area contributed by atoms with Crippen LogP contribution in [-0.2, 0) is 16.6 Å². The predicted octanol–water partition coefficient (Wildman–Crippen LogP) is 8.37. The summed E-state index contributed by atoms with van der Waals surface area (Å²) >= 11 is 0. The molecule has 0 aromatic heterocycles. The van der Waals surface area contributed by atoms with E-state index < -0.39 is 5.97 Å². The van der Waals surface area contributed by atoms with Crippen LogP contribution in [0, 0.1) is 5.92 Å². The number of benzene rings is 1. The minimum Gasteiger partial charge on any atom is -0.507 e. The molecule has 178 valence electrons. The molecular formula is C28H48O3. The molecule has 0 heterocycles. The van der Waals surface area contributed by atoms with Crippen molar-refractivity contribution in [2.75, 3.05) is 0 Å². The summed E-state index contributed by atoms with van der Waals surface area (Å²) in [5.41, 5.74) is 2.69. The molecule has 0 radical (unpaired) electrons. The Morgan fingerprint density at radius 3 is 1.87 bits per heavy atom. The van der Waals surface area contributed by atoms with Gasteiger partial charge in [0.2, 0.25) is 0 Å². The second-order valence-corrected chi connectivity index (χ2v) is 10.7. The highest BCUT2D eigenvalue weighted by atomic mass is 16.4. The van der Waals surface area contributed by atoms with Gasteiger partial charge >= 0.3 is 5.97 Å². The van der Waals surface area contributed by atoms with E-state index >= 15 is 0 Å². The zero-order chi connectivity index (χ0) is 23.4. The average Bonchev–Trinajstić information content (AvgIpc) is 2.68. The second kappa shape index (κ2) is 13.8. The summed E-state index contributed by atoms with van der Waals surface area (Å²) < 4.78 is 0. The van der Waals surface area contributed by atoms with Gasteiger partial charge in [0.25, 0.3) is 0 Å². The van der Waals surface area contributed by atoms with Crippen LogP contribution in [0.5, 0.6) is 5.75 Å². The maximum absolute atomic E-state index is 11.9. The van der Waals surface area contributed by atoms with Gasteiger partial charge < -0.3 is 10.2 Å². The number of phenolic OH excluding ortho intramolecular Hbond substituents is 1. The smallest absolute Gasteiger partial charge is 0.306 e. The quantitative estimate of drug-likeness (QED) is 0.274. The second-order valence-electron chi connectivity index (χ2n) is 10.7. The van der Waals surface area contributed by atoms with Crippen molar-refractivity contribution in [2.24, 2.45) is 5.92 Å². The molecule has 3 nitrogen and oxygen atoms in total. The first-order valence-corrected chi connectivity index (χ1v) is 12.7. The van der Waals surface area contributed by atoms with Crippen molar-refractivity contribution in [2.45, 2.75) is 130 Å². The Balaban J connectivity index is 2.61. The third-order valence-electron chi connectivity index (χ3n) is 6.37. The summed E-state index contributed by atoms with van der Waals surface area (Å²) in [7, 11) is 0. The molecule has 0 saturated heterocycles. The fraction of sp³-hybridized carbons (Fsp3) is 0.750. The van der Waals surface area contributed by atoms with E-state index in [1.807, 2.05) is 12.1 Å². The summed E-state index contributed by atoms with van der Waals surface area (Å²) in [5, 5.41) is 20.5. The third-order valence-corrected chi connectivity index (χ3v) is 6.37. The van der Waals surface area contributed by atoms with Crippen molar-refractivity contribution in [3.05, 3.63) is 28.8 Å². The van der Waals surface area contributed by atoms with Crippen LogP contribution >= 0.6 is 0 Å². The fourth-order valence-electron chi connectivity index (χ4n) is 4.32. The Kier molecular flexibility index (Phi) is 12.3. The minimum atomic E-state index is -0.701. The van der Waals surface area contributed by atoms with Crippen LogP contribution in [-0.4, -0.2) is 16.2 Å². The van der Waals surface area contributed by atoms with Crippen LogP contribution in [0.1, 0.15) is 135 Å². The summed E-state index contributed by atoms with van der Waals surface area (Å²) in [6.45, 7) is 12.7. The molecule has 0 saturated carbocycles. The van der Waals surface area contributed by atoms with Crippen LogP contribution in [0.4, 0.5) is 0 Å². The lowest BCUT2D eigenvalue weighted by molar-refractivity contribution is -0.142. The van der Waals surface area contributed by atoms with Crippen LogP contribution in [0.15, 0.2) is 12.1 Å². The number of unbranched alkanes of at least 4 members (excludes halogenated alkanes) is 9. The normalized spacial score (nSPS) is 13.0. The number of carbonyl (C=O) groups is 1. The molecule has 0 amide bonds. The van der Waals surface area contributed by atoms with Crippen molar-refractivity contribution in [3.63, 3.8) is 0 Å². The van der Waals surface area contributed by atoms with Gasteiger partial charge in [0, 0.05) is 0 Å². The number of hydrogen-bond acceptors (Lipinski definition) is 2. The Morgan fingerprint density at radius 2 is 1.42 bits per heavy atom. The fourth-order valence-corrected chi connectivity index (χ4v) is 4.32. The van der Waals surface area contributed by atoms with Gasteiger partial charge in [0.05, 0.1) is 5.92 Å². The Bertz CT molecular complexity index is 655. The van der Waals surface area contributed by atoms with E-state index in [1.165, 1.54) is 51.4 Å². The molecule has 0 bridgehead atoms. The maximum atomic E-state index is 11.9. The number of aromatic hydroxyl groups is 1. The summed E-state index contributed by atoms with van der Waals surface area (Å²) in [6.07, 6.45) is 13.9. The molecule has 0 aliphatic rings. The first kappa shape index (κ1) is 27.5. The van der Waals surface area contributed by atoms with Gasteiger partial charge in [-0.05, 0) is 40.9 Å². The molecule has 2 N–H and O–H groups in total. The van der Waals surface area contributed by atoms with Crippen LogP contribution in [0.25, 0.3) is 0 Å². The Labute approximate surface area is 191 Å². The van der Waals surface area contributed by atoms with Gasteiger partial charge in [0.1, 0.15) is 5.75 Å². The van der Waals surface area contributed by atoms with Crippen molar-refractivity contribution in [1.82, 2.24) is 0 Å². The van der Waals surface area contributed by atoms with Gasteiger partial charge in [-0.15, -0.1) is 0 Å². The average molecular weight is 433 g/mol. The molecule has 1 aromatic carbocycles. The molecule has 1 atom stereocenters. The molecule has 0 aliphatic carbocycles. The zero-order valence-corrected chi connectivity index (χ0v) is 21.1. The third kappa shape index (κ3) is 10.1. The van der Waals surface area contributed by atoms with Crippen LogP contribution in [0.3, 0.4) is 0 Å². The van der Waals surface area contributed by atoms with Crippen molar-refractivity contribution < 1.29 is 15.0 Å². The minimum absolute atomic E-state index is 0.182. The van der Waals surface area contributed by atoms with Crippen molar-refractivity contribution in [1.29, 1.82) is 0 Å². The van der Waals surface area contributed by atoms with Gasteiger partial charge in [-0.2, -0.15) is 0 Å². The number of phenols is 1. The lowest BCUT2D eigenvalue weighted by atomic mass is 9.81. The number of aliphatic carboxylic acids is 1. The highest BCUT2D eigenvalue weighted by Crippen LogP contribution is 2.38. The molecule has 3 heteroatoms. The molecule has 31 heavy (non-hydrogen) atoms. The van der Waals surface area contributed by atoms with E-state index in [-0.39, 0.29) is 17.3 Å². The Hall–Kier alpha value is -1.51. The molecular weight excluding hydrogens is 384 g/mol. The van der Waals surface area contributed by atoms with E-state index in [1.54, 1.807) is 0 Å². The van der Waals surface area contributed by atoms with E-state index in [2.05, 4.69) is 41.5 Å². The van der Waals surface area contributed by atoms with Crippen LogP contribution < -0.4 is 0 Å². The molecule has 1 rings (SSSR count). The largest absolute Gasteiger partial charge is 0.507 e. The Morgan fingerprint density at radius 1 is 0.903 bits per heavy atom. The highest BCUT2D eigenvalue weighted by Gasteiger charge is 2.24. The van der Waals surface area contributed by atoms with E-state index in [9.17, 15) is 15.0 Å². The number of rotatable bonds is 15. The van der Waals surface area contributed by atoms with Crippen molar-refractivity contribution in [3.8, 4) is 5.75 Å². The summed E-state index contributed by atoms with van der Waals surface area (Å²) in [6, 6.07) is 4.04. The monoisotopic (exact) mass is 432 g/mol. The maximum Gasteiger partial charge on any atom is 0.306 e. The number of carboxylic acids is 1. The van der Waals surface area contributed by atoms with E-state index in [0.29, 0.717) is 12.2 Å². The predicted molar refractivity (Wildman–Crippen MR) is 132 cm³/mol. The first-order chi connectivity index (χ1) is 14.6. The summed E-state index contributed by atoms with van der Waals surface area (Å²) in [5.74, 6) is -0.488. The molecule has 0 fully saturated rings. The van der Waals surface area contributed by atoms with Crippen LogP contribution in [0.2, 0.25) is 0 Å². The van der Waals surface area contributed by atoms with Gasteiger partial charge in [0.15, 0.2) is 0 Å². The van der Waals surface area contributed by atoms with E-state index in [4.69, 9.17) is 0 Å². The van der Waals surface area contributed by atoms with Gasteiger partial charge in [-0.1, -0.05) is 118 Å². The topological polar surface area (TPSA) is 57.5 Å². The number of carboxylic acid groups (broad SMARTS) is 1. The first-order valence-electron chi connectivity index (χ1n) is 12.7. The van der Waals surface area contributed by atoms with Crippen molar-refractivity contribution >= 4 is 5.97 Å². The van der Waals surface area contributed by atoms with Gasteiger partial charge in [-0.3, -0.25) is 4.79 Å².